The van der Waals surface area contributed by atoms with E-state index in [1.165, 1.54) is 23.4 Å². The first-order valence-electron chi connectivity index (χ1n) is 10.3. The number of rotatable bonds is 6. The number of ether oxygens (including phenoxy) is 1. The Labute approximate surface area is 189 Å². The second kappa shape index (κ2) is 9.73. The van der Waals surface area contributed by atoms with Crippen LogP contribution in [0.25, 0.3) is 0 Å². The highest BCUT2D eigenvalue weighted by Gasteiger charge is 2.25. The van der Waals surface area contributed by atoms with Crippen LogP contribution >= 0.6 is 11.8 Å². The van der Waals surface area contributed by atoms with Crippen LogP contribution in [-0.2, 0) is 14.8 Å². The predicted molar refractivity (Wildman–Crippen MR) is 124 cm³/mol. The average Bonchev–Trinajstić information content (AvgIpc) is 2.75. The number of morpholine rings is 1. The summed E-state index contributed by atoms with van der Waals surface area (Å²) in [5.74, 6) is -0.164. The average molecular weight is 463 g/mol. The minimum absolute atomic E-state index is 0.0928. The van der Waals surface area contributed by atoms with E-state index in [0.717, 1.165) is 21.6 Å². The largest absolute Gasteiger partial charge is 0.378 e. The van der Waals surface area contributed by atoms with E-state index in [0.29, 0.717) is 31.9 Å². The third-order valence-electron chi connectivity index (χ3n) is 5.69. The maximum Gasteiger partial charge on any atom is 0.255 e. The summed E-state index contributed by atoms with van der Waals surface area (Å²) in [6, 6.07) is 8.46. The van der Waals surface area contributed by atoms with E-state index in [-0.39, 0.29) is 10.8 Å². The molecule has 1 heterocycles. The summed E-state index contributed by atoms with van der Waals surface area (Å²) in [5, 5.41) is 0. The van der Waals surface area contributed by atoms with Gasteiger partial charge in [-0.15, -0.1) is 11.8 Å². The van der Waals surface area contributed by atoms with Gasteiger partial charge in [0.25, 0.3) is 5.91 Å². The second-order valence-electron chi connectivity index (χ2n) is 7.90. The molecule has 0 aliphatic carbocycles. The first-order chi connectivity index (χ1) is 14.6. The zero-order valence-corrected chi connectivity index (χ0v) is 20.3. The number of nitrogens with zero attached hydrogens (tertiary/aromatic N) is 1. The van der Waals surface area contributed by atoms with Crippen LogP contribution in [-0.4, -0.2) is 51.8 Å². The Bertz CT molecular complexity index is 1080. The van der Waals surface area contributed by atoms with Crippen molar-refractivity contribution in [1.82, 2.24) is 9.62 Å². The van der Waals surface area contributed by atoms with Crippen LogP contribution in [0, 0.1) is 20.8 Å². The van der Waals surface area contributed by atoms with Gasteiger partial charge in [-0.25, -0.2) is 13.1 Å². The summed E-state index contributed by atoms with van der Waals surface area (Å²) >= 11 is 1.43. The summed E-state index contributed by atoms with van der Waals surface area (Å²) in [5.41, 5.74) is 4.69. The summed E-state index contributed by atoms with van der Waals surface area (Å²) < 4.78 is 34.4. The first-order valence-corrected chi connectivity index (χ1v) is 13.0. The molecule has 1 amide bonds. The Hall–Kier alpha value is -1.87. The topological polar surface area (TPSA) is 75.7 Å². The Balaban J connectivity index is 1.90. The van der Waals surface area contributed by atoms with Crippen molar-refractivity contribution in [3.63, 3.8) is 0 Å². The molecule has 0 aromatic heterocycles. The minimum Gasteiger partial charge on any atom is -0.378 e. The van der Waals surface area contributed by atoms with Gasteiger partial charge >= 0.3 is 0 Å². The quantitative estimate of drug-likeness (QED) is 0.660. The number of hydrogen-bond donors (Lipinski definition) is 1. The lowest BCUT2D eigenvalue weighted by molar-refractivity contribution is 0.0300. The zero-order chi connectivity index (χ0) is 22.8. The fourth-order valence-corrected chi connectivity index (χ4v) is 5.59. The molecule has 6 nitrogen and oxygen atoms in total. The number of sulfonamides is 1. The van der Waals surface area contributed by atoms with Gasteiger partial charge in [-0.3, -0.25) is 4.79 Å². The van der Waals surface area contributed by atoms with Crippen molar-refractivity contribution in [1.29, 1.82) is 0 Å². The molecule has 0 unspecified atom stereocenters. The number of carbonyl (C=O) groups excluding carboxylic acids is 1. The molecule has 1 atom stereocenters. The lowest BCUT2D eigenvalue weighted by Gasteiger charge is -2.27. The molecule has 2 aromatic rings. The molecule has 0 saturated carbocycles. The van der Waals surface area contributed by atoms with Crippen molar-refractivity contribution in [2.45, 2.75) is 43.5 Å². The number of carbonyl (C=O) groups is 1. The number of benzene rings is 2. The first kappa shape index (κ1) is 23.8. The molecule has 0 radical (unpaired) electrons. The maximum atomic E-state index is 13.2. The standard InChI is InChI=1S/C23H30N2O4S2/c1-15-12-17(3)20(13-16(15)2)18(4)24-31(27,28)19-6-7-22(30-5)21(14-19)23(26)25-8-10-29-11-9-25/h6-7,12-14,18,24H,8-11H2,1-5H3/t18-/m1/s1. The van der Waals surface area contributed by atoms with Gasteiger partial charge in [-0.1, -0.05) is 12.1 Å². The molecule has 31 heavy (non-hydrogen) atoms. The minimum atomic E-state index is -3.81. The van der Waals surface area contributed by atoms with Gasteiger partial charge < -0.3 is 9.64 Å². The fraction of sp³-hybridized carbons (Fsp3) is 0.435. The molecular weight excluding hydrogens is 432 g/mol. The molecule has 0 spiro atoms. The van der Waals surface area contributed by atoms with Gasteiger partial charge in [0, 0.05) is 24.0 Å². The van der Waals surface area contributed by atoms with E-state index >= 15 is 0 Å². The Morgan fingerprint density at radius 3 is 2.35 bits per heavy atom. The van der Waals surface area contributed by atoms with Crippen LogP contribution in [0.4, 0.5) is 0 Å². The molecule has 1 fully saturated rings. The van der Waals surface area contributed by atoms with Crippen LogP contribution in [0.1, 0.15) is 45.6 Å². The van der Waals surface area contributed by atoms with Crippen molar-refractivity contribution in [3.8, 4) is 0 Å². The lowest BCUT2D eigenvalue weighted by atomic mass is 9.97. The smallest absolute Gasteiger partial charge is 0.255 e. The highest BCUT2D eigenvalue weighted by atomic mass is 32.2. The van der Waals surface area contributed by atoms with Crippen LogP contribution in [0.3, 0.4) is 0 Å². The van der Waals surface area contributed by atoms with Crippen LogP contribution < -0.4 is 4.72 Å². The van der Waals surface area contributed by atoms with Gasteiger partial charge in [0.15, 0.2) is 0 Å². The Morgan fingerprint density at radius 2 is 1.71 bits per heavy atom. The maximum absolute atomic E-state index is 13.2. The molecule has 1 saturated heterocycles. The van der Waals surface area contributed by atoms with Gasteiger partial charge in [0.1, 0.15) is 0 Å². The van der Waals surface area contributed by atoms with Crippen LogP contribution in [0.2, 0.25) is 0 Å². The van der Waals surface area contributed by atoms with Gasteiger partial charge in [-0.2, -0.15) is 0 Å². The van der Waals surface area contributed by atoms with Gasteiger partial charge in [0.05, 0.1) is 23.7 Å². The number of amides is 1. The fourth-order valence-electron chi connectivity index (χ4n) is 3.77. The third kappa shape index (κ3) is 5.31. The summed E-state index contributed by atoms with van der Waals surface area (Å²) in [7, 11) is -3.81. The lowest BCUT2D eigenvalue weighted by Crippen LogP contribution is -2.41. The molecule has 0 bridgehead atoms. The number of thioether (sulfide) groups is 1. The molecule has 1 N–H and O–H groups in total. The molecule has 1 aliphatic heterocycles. The van der Waals surface area contributed by atoms with E-state index in [4.69, 9.17) is 4.74 Å². The number of aryl methyl sites for hydroxylation is 3. The molecule has 168 valence electrons. The highest BCUT2D eigenvalue weighted by molar-refractivity contribution is 7.98. The Kier molecular flexibility index (Phi) is 7.47. The Morgan fingerprint density at radius 1 is 1.06 bits per heavy atom. The SMILES string of the molecule is CSc1ccc(S(=O)(=O)N[C@H](C)c2cc(C)c(C)cc2C)cc1C(=O)N1CCOCC1. The summed E-state index contributed by atoms with van der Waals surface area (Å²) in [6.07, 6.45) is 1.88. The van der Waals surface area contributed by atoms with Crippen molar-refractivity contribution in [2.24, 2.45) is 0 Å². The zero-order valence-electron chi connectivity index (χ0n) is 18.7. The van der Waals surface area contributed by atoms with Crippen LogP contribution in [0.15, 0.2) is 40.1 Å². The molecular formula is C23H30N2O4S2. The molecule has 2 aromatic carbocycles. The monoisotopic (exact) mass is 462 g/mol. The van der Waals surface area contributed by atoms with Crippen molar-refractivity contribution in [2.75, 3.05) is 32.6 Å². The van der Waals surface area contributed by atoms with Crippen LogP contribution in [0.5, 0.6) is 0 Å². The second-order valence-corrected chi connectivity index (χ2v) is 10.5. The van der Waals surface area contributed by atoms with Crippen molar-refractivity contribution in [3.05, 3.63) is 58.1 Å². The normalized spacial score (nSPS) is 15.7. The molecule has 1 aliphatic rings. The van der Waals surface area contributed by atoms with E-state index in [9.17, 15) is 13.2 Å². The summed E-state index contributed by atoms with van der Waals surface area (Å²) in [6.45, 7) is 9.88. The third-order valence-corrected chi connectivity index (χ3v) is 8.02. The van der Waals surface area contributed by atoms with Gasteiger partial charge in [-0.05, 0) is 74.4 Å². The van der Waals surface area contributed by atoms with E-state index in [2.05, 4.69) is 10.8 Å². The number of nitrogens with one attached hydrogen (secondary N) is 1. The van der Waals surface area contributed by atoms with Crippen molar-refractivity contribution >= 4 is 27.7 Å². The summed E-state index contributed by atoms with van der Waals surface area (Å²) in [4.78, 5) is 15.6. The van der Waals surface area contributed by atoms with E-state index < -0.39 is 16.1 Å². The number of hydrogen-bond acceptors (Lipinski definition) is 5. The van der Waals surface area contributed by atoms with Gasteiger partial charge in [0.2, 0.25) is 10.0 Å². The predicted octanol–water partition coefficient (Wildman–Crippen LogP) is 3.85. The van der Waals surface area contributed by atoms with E-state index in [1.807, 2.05) is 40.0 Å². The molecule has 8 heteroatoms. The van der Waals surface area contributed by atoms with Crippen molar-refractivity contribution < 1.29 is 17.9 Å². The molecule has 3 rings (SSSR count). The highest BCUT2D eigenvalue weighted by Crippen LogP contribution is 2.27. The van der Waals surface area contributed by atoms with E-state index in [1.54, 1.807) is 17.0 Å².